The van der Waals surface area contributed by atoms with Crippen LogP contribution in [-0.4, -0.2) is 30.1 Å². The van der Waals surface area contributed by atoms with Gasteiger partial charge in [-0.3, -0.25) is 4.79 Å². The summed E-state index contributed by atoms with van der Waals surface area (Å²) in [6.07, 6.45) is 2.13. The molecule has 3 rings (SSSR count). The van der Waals surface area contributed by atoms with Crippen molar-refractivity contribution in [3.63, 3.8) is 0 Å². The van der Waals surface area contributed by atoms with E-state index < -0.39 is 0 Å². The number of halogens is 1. The first-order valence-corrected chi connectivity index (χ1v) is 8.31. The maximum absolute atomic E-state index is 12.8. The minimum atomic E-state index is -0.309. The lowest BCUT2D eigenvalue weighted by molar-refractivity contribution is 0.0854. The minimum absolute atomic E-state index is 0.110. The van der Waals surface area contributed by atoms with Gasteiger partial charge in [0.15, 0.2) is 0 Å². The number of carbonyl (C=O) groups is 1. The molecule has 0 saturated carbocycles. The Kier molecular flexibility index (Phi) is 5.19. The molecule has 0 bridgehead atoms. The van der Waals surface area contributed by atoms with Crippen LogP contribution in [0, 0.1) is 5.82 Å². The topological polar surface area (TPSA) is 60.5 Å². The summed E-state index contributed by atoms with van der Waals surface area (Å²) in [5, 5.41) is 5.23. The molecule has 2 aromatic rings. The number of amides is 1. The summed E-state index contributed by atoms with van der Waals surface area (Å²) in [5.74, 6) is 0.0487. The first-order chi connectivity index (χ1) is 11.2. The van der Waals surface area contributed by atoms with E-state index in [1.54, 1.807) is 17.5 Å². The highest BCUT2D eigenvalue weighted by Crippen LogP contribution is 2.16. The van der Waals surface area contributed by atoms with Gasteiger partial charge in [-0.05, 0) is 37.1 Å². The van der Waals surface area contributed by atoms with Crippen LogP contribution in [0.5, 0.6) is 5.75 Å². The van der Waals surface area contributed by atoms with Gasteiger partial charge in [0.05, 0.1) is 6.10 Å². The molecule has 1 aliphatic heterocycles. The molecule has 2 heterocycles. The Bertz CT molecular complexity index is 654. The van der Waals surface area contributed by atoms with E-state index in [1.807, 2.05) is 0 Å². The van der Waals surface area contributed by atoms with Gasteiger partial charge < -0.3 is 14.8 Å². The predicted octanol–water partition coefficient (Wildman–Crippen LogP) is 2.77. The fourth-order valence-electron chi connectivity index (χ4n) is 2.26. The number of rotatable bonds is 6. The zero-order valence-electron chi connectivity index (χ0n) is 12.5. The largest absolute Gasteiger partial charge is 0.486 e. The lowest BCUT2D eigenvalue weighted by Gasteiger charge is -2.09. The van der Waals surface area contributed by atoms with E-state index in [4.69, 9.17) is 9.47 Å². The zero-order chi connectivity index (χ0) is 16.1. The van der Waals surface area contributed by atoms with E-state index in [2.05, 4.69) is 10.3 Å². The van der Waals surface area contributed by atoms with Crippen LogP contribution in [0.25, 0.3) is 0 Å². The summed E-state index contributed by atoms with van der Waals surface area (Å²) in [7, 11) is 0. The van der Waals surface area contributed by atoms with Gasteiger partial charge in [-0.1, -0.05) is 0 Å². The summed E-state index contributed by atoms with van der Waals surface area (Å²) >= 11 is 1.36. The number of hydrogen-bond donors (Lipinski definition) is 1. The van der Waals surface area contributed by atoms with Gasteiger partial charge in [0, 0.05) is 18.5 Å². The molecule has 1 aromatic heterocycles. The monoisotopic (exact) mass is 336 g/mol. The number of thiazole rings is 1. The Hall–Kier alpha value is -1.99. The van der Waals surface area contributed by atoms with Gasteiger partial charge in [-0.2, -0.15) is 0 Å². The minimum Gasteiger partial charge on any atom is -0.486 e. The average Bonchev–Trinajstić information content (AvgIpc) is 3.24. The van der Waals surface area contributed by atoms with E-state index in [1.165, 1.54) is 23.5 Å². The summed E-state index contributed by atoms with van der Waals surface area (Å²) in [4.78, 5) is 16.3. The molecule has 122 valence electrons. The molecular weight excluding hydrogens is 319 g/mol. The molecule has 0 aliphatic carbocycles. The molecule has 1 fully saturated rings. The first-order valence-electron chi connectivity index (χ1n) is 7.43. The molecule has 1 atom stereocenters. The van der Waals surface area contributed by atoms with E-state index in [0.29, 0.717) is 23.0 Å². The number of carbonyl (C=O) groups excluding carboxylic acids is 1. The van der Waals surface area contributed by atoms with Crippen molar-refractivity contribution in [2.45, 2.75) is 25.6 Å². The number of nitrogens with one attached hydrogen (secondary N) is 1. The zero-order valence-corrected chi connectivity index (χ0v) is 13.3. The lowest BCUT2D eigenvalue weighted by Crippen LogP contribution is -2.31. The van der Waals surface area contributed by atoms with Gasteiger partial charge >= 0.3 is 0 Å². The Morgan fingerprint density at radius 1 is 1.43 bits per heavy atom. The molecule has 23 heavy (non-hydrogen) atoms. The predicted molar refractivity (Wildman–Crippen MR) is 84.2 cm³/mol. The standard InChI is InChI=1S/C16H17FN2O3S/c17-11-3-5-12(6-4-11)22-9-15-19-14(10-23-15)16(20)18-8-13-2-1-7-21-13/h3-6,10,13H,1-2,7-9H2,(H,18,20)/t13-/m1/s1. The van der Waals surface area contributed by atoms with E-state index in [-0.39, 0.29) is 24.4 Å². The lowest BCUT2D eigenvalue weighted by atomic mass is 10.2. The van der Waals surface area contributed by atoms with Crippen molar-refractivity contribution >= 4 is 17.2 Å². The van der Waals surface area contributed by atoms with Gasteiger partial charge in [-0.15, -0.1) is 11.3 Å². The normalized spacial score (nSPS) is 17.2. The number of nitrogens with zero attached hydrogens (tertiary/aromatic N) is 1. The molecule has 0 unspecified atom stereocenters. The van der Waals surface area contributed by atoms with Crippen molar-refractivity contribution in [1.82, 2.24) is 10.3 Å². The van der Waals surface area contributed by atoms with Gasteiger partial charge in [0.25, 0.3) is 5.91 Å². The highest BCUT2D eigenvalue weighted by atomic mass is 32.1. The van der Waals surface area contributed by atoms with Gasteiger partial charge in [0.1, 0.15) is 28.9 Å². The fourth-order valence-corrected chi connectivity index (χ4v) is 2.95. The number of ether oxygens (including phenoxy) is 2. The second kappa shape index (κ2) is 7.52. The fraction of sp³-hybridized carbons (Fsp3) is 0.375. The third-order valence-corrected chi connectivity index (χ3v) is 4.30. The maximum Gasteiger partial charge on any atom is 0.270 e. The molecular formula is C16H17FN2O3S. The van der Waals surface area contributed by atoms with Crippen molar-refractivity contribution in [2.75, 3.05) is 13.2 Å². The third-order valence-electron chi connectivity index (χ3n) is 3.47. The van der Waals surface area contributed by atoms with Crippen molar-refractivity contribution in [3.05, 3.63) is 46.2 Å². The average molecular weight is 336 g/mol. The summed E-state index contributed by atoms with van der Waals surface area (Å²) < 4.78 is 23.8. The Labute approximate surface area is 137 Å². The van der Waals surface area contributed by atoms with Crippen LogP contribution in [0.4, 0.5) is 4.39 Å². The molecule has 0 radical (unpaired) electrons. The van der Waals surface area contributed by atoms with Crippen LogP contribution in [0.2, 0.25) is 0 Å². The highest BCUT2D eigenvalue weighted by molar-refractivity contribution is 7.09. The highest BCUT2D eigenvalue weighted by Gasteiger charge is 2.17. The number of hydrogen-bond acceptors (Lipinski definition) is 5. The molecule has 1 aliphatic rings. The van der Waals surface area contributed by atoms with Crippen molar-refractivity contribution in [3.8, 4) is 5.75 Å². The Morgan fingerprint density at radius 3 is 3.00 bits per heavy atom. The van der Waals surface area contributed by atoms with Crippen molar-refractivity contribution < 1.29 is 18.7 Å². The van der Waals surface area contributed by atoms with Crippen LogP contribution in [0.15, 0.2) is 29.6 Å². The van der Waals surface area contributed by atoms with Crippen molar-refractivity contribution in [2.24, 2.45) is 0 Å². The molecule has 7 heteroatoms. The molecule has 1 saturated heterocycles. The maximum atomic E-state index is 12.8. The second-order valence-electron chi connectivity index (χ2n) is 5.21. The summed E-state index contributed by atoms with van der Waals surface area (Å²) in [6, 6.07) is 5.78. The SMILES string of the molecule is O=C(NC[C@H]1CCCO1)c1csc(COc2ccc(F)cc2)n1. The van der Waals surface area contributed by atoms with Gasteiger partial charge in [-0.25, -0.2) is 9.37 Å². The van der Waals surface area contributed by atoms with E-state index in [0.717, 1.165) is 19.4 Å². The van der Waals surface area contributed by atoms with Crippen LogP contribution in [0.3, 0.4) is 0 Å². The molecule has 5 nitrogen and oxygen atoms in total. The van der Waals surface area contributed by atoms with E-state index >= 15 is 0 Å². The second-order valence-corrected chi connectivity index (χ2v) is 6.16. The van der Waals surface area contributed by atoms with Gasteiger partial charge in [0.2, 0.25) is 0 Å². The molecule has 1 N–H and O–H groups in total. The van der Waals surface area contributed by atoms with Crippen LogP contribution in [-0.2, 0) is 11.3 Å². The smallest absolute Gasteiger partial charge is 0.270 e. The third kappa shape index (κ3) is 4.49. The number of benzene rings is 1. The van der Waals surface area contributed by atoms with E-state index in [9.17, 15) is 9.18 Å². The number of aromatic nitrogens is 1. The van der Waals surface area contributed by atoms with Crippen LogP contribution >= 0.6 is 11.3 Å². The molecule has 0 spiro atoms. The van der Waals surface area contributed by atoms with Crippen LogP contribution < -0.4 is 10.1 Å². The Balaban J connectivity index is 1.48. The summed E-state index contributed by atoms with van der Waals surface area (Å²) in [5.41, 5.74) is 0.380. The first kappa shape index (κ1) is 15.9. The molecule has 1 amide bonds. The summed E-state index contributed by atoms with van der Waals surface area (Å²) in [6.45, 7) is 1.52. The molecule has 1 aromatic carbocycles. The quantitative estimate of drug-likeness (QED) is 0.881. The van der Waals surface area contributed by atoms with Crippen molar-refractivity contribution in [1.29, 1.82) is 0 Å². The van der Waals surface area contributed by atoms with Crippen LogP contribution in [0.1, 0.15) is 28.3 Å². The Morgan fingerprint density at radius 2 is 2.26 bits per heavy atom.